The quantitative estimate of drug-likeness (QED) is 0.347. The molecular weight excluding hydrogens is 280 g/mol. The molecule has 0 saturated carbocycles. The normalized spacial score (nSPS) is 11.1. The molecule has 0 aliphatic carbocycles. The second-order valence-electron chi connectivity index (χ2n) is 4.73. The van der Waals surface area contributed by atoms with E-state index in [1.54, 1.807) is 6.07 Å². The SMILES string of the molecule is N/N=C\c1cc(=O)oc2cc(OCc3ccccc3)ccc12. The molecule has 3 aromatic rings. The number of ether oxygens (including phenoxy) is 1. The van der Waals surface area contributed by atoms with E-state index in [0.29, 0.717) is 23.5 Å². The van der Waals surface area contributed by atoms with Crippen LogP contribution in [0.3, 0.4) is 0 Å². The topological polar surface area (TPSA) is 77.8 Å². The first kappa shape index (κ1) is 13.9. The Hall–Kier alpha value is -3.08. The van der Waals surface area contributed by atoms with E-state index in [0.717, 1.165) is 10.9 Å². The van der Waals surface area contributed by atoms with Crippen LogP contribution in [0, 0.1) is 0 Å². The lowest BCUT2D eigenvalue weighted by Gasteiger charge is -2.07. The first-order valence-electron chi connectivity index (χ1n) is 6.74. The largest absolute Gasteiger partial charge is 0.489 e. The van der Waals surface area contributed by atoms with Gasteiger partial charge in [0.05, 0.1) is 6.21 Å². The summed E-state index contributed by atoms with van der Waals surface area (Å²) in [7, 11) is 0. The van der Waals surface area contributed by atoms with Gasteiger partial charge in [-0.25, -0.2) is 4.79 Å². The summed E-state index contributed by atoms with van der Waals surface area (Å²) >= 11 is 0. The van der Waals surface area contributed by atoms with E-state index < -0.39 is 5.63 Å². The number of benzene rings is 2. The Morgan fingerprint density at radius 3 is 2.73 bits per heavy atom. The van der Waals surface area contributed by atoms with Gasteiger partial charge in [-0.05, 0) is 17.7 Å². The summed E-state index contributed by atoms with van der Waals surface area (Å²) < 4.78 is 10.9. The molecule has 22 heavy (non-hydrogen) atoms. The number of hydrazone groups is 1. The standard InChI is InChI=1S/C17H14N2O3/c18-19-10-13-8-17(20)22-16-9-14(6-7-15(13)16)21-11-12-4-2-1-3-5-12/h1-10H,11,18H2/b19-10-. The van der Waals surface area contributed by atoms with Crippen molar-refractivity contribution in [3.63, 3.8) is 0 Å². The van der Waals surface area contributed by atoms with Gasteiger partial charge in [-0.2, -0.15) is 5.10 Å². The molecule has 0 bridgehead atoms. The van der Waals surface area contributed by atoms with Crippen molar-refractivity contribution in [3.8, 4) is 5.75 Å². The first-order chi connectivity index (χ1) is 10.8. The van der Waals surface area contributed by atoms with Crippen molar-refractivity contribution in [2.24, 2.45) is 10.9 Å². The Labute approximate surface area is 126 Å². The Morgan fingerprint density at radius 2 is 1.95 bits per heavy atom. The van der Waals surface area contributed by atoms with Gasteiger partial charge in [0.15, 0.2) is 0 Å². The molecule has 0 atom stereocenters. The molecule has 0 amide bonds. The zero-order valence-corrected chi connectivity index (χ0v) is 11.7. The van der Waals surface area contributed by atoms with Crippen molar-refractivity contribution < 1.29 is 9.15 Å². The fourth-order valence-corrected chi connectivity index (χ4v) is 2.19. The molecule has 2 aromatic carbocycles. The lowest BCUT2D eigenvalue weighted by molar-refractivity contribution is 0.306. The molecule has 0 unspecified atom stereocenters. The Morgan fingerprint density at radius 1 is 1.14 bits per heavy atom. The van der Waals surface area contributed by atoms with Crippen LogP contribution in [0.1, 0.15) is 11.1 Å². The summed E-state index contributed by atoms with van der Waals surface area (Å²) in [6, 6.07) is 16.5. The highest BCUT2D eigenvalue weighted by Gasteiger charge is 2.06. The number of hydrogen-bond donors (Lipinski definition) is 1. The number of nitrogens with zero attached hydrogens (tertiary/aromatic N) is 1. The van der Waals surface area contributed by atoms with Crippen LogP contribution in [0.5, 0.6) is 5.75 Å². The number of nitrogens with two attached hydrogens (primary N) is 1. The van der Waals surface area contributed by atoms with Gasteiger partial charge in [0, 0.05) is 23.1 Å². The van der Waals surface area contributed by atoms with Crippen LogP contribution < -0.4 is 16.2 Å². The highest BCUT2D eigenvalue weighted by molar-refractivity contribution is 5.97. The smallest absolute Gasteiger partial charge is 0.336 e. The fourth-order valence-electron chi connectivity index (χ4n) is 2.19. The summed E-state index contributed by atoms with van der Waals surface area (Å²) in [5.41, 5.74) is 1.66. The first-order valence-corrected chi connectivity index (χ1v) is 6.74. The van der Waals surface area contributed by atoms with Crippen LogP contribution in [-0.4, -0.2) is 6.21 Å². The van der Waals surface area contributed by atoms with E-state index >= 15 is 0 Å². The van der Waals surface area contributed by atoms with E-state index in [-0.39, 0.29) is 0 Å². The number of rotatable bonds is 4. The minimum Gasteiger partial charge on any atom is -0.489 e. The summed E-state index contributed by atoms with van der Waals surface area (Å²) in [5.74, 6) is 5.78. The van der Waals surface area contributed by atoms with Gasteiger partial charge in [0.25, 0.3) is 0 Å². The molecular formula is C17H14N2O3. The zero-order chi connectivity index (χ0) is 15.4. The lowest BCUT2D eigenvalue weighted by Crippen LogP contribution is -2.01. The third-order valence-electron chi connectivity index (χ3n) is 3.21. The maximum absolute atomic E-state index is 11.6. The molecule has 0 saturated heterocycles. The molecule has 5 heteroatoms. The molecule has 0 radical (unpaired) electrons. The maximum atomic E-state index is 11.6. The highest BCUT2D eigenvalue weighted by Crippen LogP contribution is 2.22. The molecule has 5 nitrogen and oxygen atoms in total. The third kappa shape index (κ3) is 2.98. The predicted octanol–water partition coefficient (Wildman–Crippen LogP) is 2.66. The van der Waals surface area contributed by atoms with E-state index in [1.807, 2.05) is 42.5 Å². The molecule has 1 heterocycles. The molecule has 2 N–H and O–H groups in total. The van der Waals surface area contributed by atoms with Crippen molar-refractivity contribution >= 4 is 17.2 Å². The molecule has 0 aliphatic rings. The lowest BCUT2D eigenvalue weighted by atomic mass is 10.1. The molecule has 0 aliphatic heterocycles. The van der Waals surface area contributed by atoms with Gasteiger partial charge >= 0.3 is 5.63 Å². The van der Waals surface area contributed by atoms with Crippen molar-refractivity contribution in [2.45, 2.75) is 6.61 Å². The average molecular weight is 294 g/mol. The highest BCUT2D eigenvalue weighted by atomic mass is 16.5. The number of hydrogen-bond acceptors (Lipinski definition) is 5. The molecule has 1 aromatic heterocycles. The molecule has 3 rings (SSSR count). The second-order valence-corrected chi connectivity index (χ2v) is 4.73. The monoisotopic (exact) mass is 294 g/mol. The summed E-state index contributed by atoms with van der Waals surface area (Å²) in [6.45, 7) is 0.445. The predicted molar refractivity (Wildman–Crippen MR) is 85.0 cm³/mol. The molecule has 0 spiro atoms. The van der Waals surface area contributed by atoms with Crippen molar-refractivity contribution in [1.82, 2.24) is 0 Å². The van der Waals surface area contributed by atoms with Gasteiger partial charge in [-0.1, -0.05) is 30.3 Å². The molecule has 110 valence electrons. The van der Waals surface area contributed by atoms with Crippen LogP contribution in [0.15, 0.2) is 68.9 Å². The van der Waals surface area contributed by atoms with E-state index in [9.17, 15) is 4.79 Å². The van der Waals surface area contributed by atoms with Gasteiger partial charge < -0.3 is 15.0 Å². The Balaban J connectivity index is 1.91. The van der Waals surface area contributed by atoms with Crippen LogP contribution in [0.25, 0.3) is 11.0 Å². The van der Waals surface area contributed by atoms with Gasteiger partial charge in [0.2, 0.25) is 0 Å². The van der Waals surface area contributed by atoms with E-state index in [1.165, 1.54) is 12.3 Å². The van der Waals surface area contributed by atoms with Crippen LogP contribution in [0.2, 0.25) is 0 Å². The van der Waals surface area contributed by atoms with Crippen molar-refractivity contribution in [1.29, 1.82) is 0 Å². The van der Waals surface area contributed by atoms with Crippen molar-refractivity contribution in [3.05, 3.63) is 76.1 Å². The van der Waals surface area contributed by atoms with Gasteiger partial charge in [-0.3, -0.25) is 0 Å². The third-order valence-corrected chi connectivity index (χ3v) is 3.21. The van der Waals surface area contributed by atoms with Crippen molar-refractivity contribution in [2.75, 3.05) is 0 Å². The van der Waals surface area contributed by atoms with E-state index in [4.69, 9.17) is 15.0 Å². The van der Waals surface area contributed by atoms with Crippen LogP contribution in [-0.2, 0) is 6.61 Å². The Bertz CT molecular complexity index is 870. The number of fused-ring (bicyclic) bond motifs is 1. The minimum atomic E-state index is -0.456. The fraction of sp³-hybridized carbons (Fsp3) is 0.0588. The second kappa shape index (κ2) is 6.13. The van der Waals surface area contributed by atoms with E-state index in [2.05, 4.69) is 5.10 Å². The average Bonchev–Trinajstić information content (AvgIpc) is 2.54. The summed E-state index contributed by atoms with van der Waals surface area (Å²) in [6.07, 6.45) is 1.42. The van der Waals surface area contributed by atoms with Gasteiger partial charge in [-0.15, -0.1) is 0 Å². The minimum absolute atomic E-state index is 0.438. The summed E-state index contributed by atoms with van der Waals surface area (Å²) in [5, 5.41) is 4.21. The summed E-state index contributed by atoms with van der Waals surface area (Å²) in [4.78, 5) is 11.6. The van der Waals surface area contributed by atoms with Crippen LogP contribution in [0.4, 0.5) is 0 Å². The maximum Gasteiger partial charge on any atom is 0.336 e. The van der Waals surface area contributed by atoms with Gasteiger partial charge in [0.1, 0.15) is 17.9 Å². The molecule has 0 fully saturated rings. The van der Waals surface area contributed by atoms with Crippen LogP contribution >= 0.6 is 0 Å². The Kier molecular flexibility index (Phi) is 3.87. The zero-order valence-electron chi connectivity index (χ0n) is 11.7.